The van der Waals surface area contributed by atoms with Gasteiger partial charge in [0.05, 0.1) is 6.26 Å². The number of anilines is 1. The molecule has 0 unspecified atom stereocenters. The van der Waals surface area contributed by atoms with Crippen LogP contribution >= 0.6 is 0 Å². The van der Waals surface area contributed by atoms with Gasteiger partial charge >= 0.3 is 0 Å². The van der Waals surface area contributed by atoms with Gasteiger partial charge in [-0.05, 0) is 25.0 Å². The van der Waals surface area contributed by atoms with Crippen molar-refractivity contribution < 1.29 is 22.0 Å². The Morgan fingerprint density at radius 1 is 1.21 bits per heavy atom. The zero-order valence-corrected chi connectivity index (χ0v) is 14.4. The number of para-hydroxylation sites is 1. The van der Waals surface area contributed by atoms with Crippen LogP contribution in [0, 0.1) is 11.6 Å². The number of hydrogen-bond donors (Lipinski definition) is 1. The lowest BCUT2D eigenvalue weighted by molar-refractivity contribution is -0.116. The molecule has 0 radical (unpaired) electrons. The summed E-state index contributed by atoms with van der Waals surface area (Å²) in [5.41, 5.74) is -0.508. The van der Waals surface area contributed by atoms with Crippen molar-refractivity contribution in [3.05, 3.63) is 29.8 Å². The van der Waals surface area contributed by atoms with Crippen LogP contribution in [-0.4, -0.2) is 37.5 Å². The molecule has 0 aromatic heterocycles. The fourth-order valence-corrected chi connectivity index (χ4v) is 4.19. The molecule has 1 N–H and O–H groups in total. The number of nitrogens with zero attached hydrogens (tertiary/aromatic N) is 1. The van der Waals surface area contributed by atoms with Crippen molar-refractivity contribution >= 4 is 21.6 Å². The summed E-state index contributed by atoms with van der Waals surface area (Å²) < 4.78 is 52.4. The number of carbonyl (C=O) groups is 1. The Balaban J connectivity index is 1.99. The van der Waals surface area contributed by atoms with Gasteiger partial charge in [0.1, 0.15) is 17.3 Å². The normalized spacial score (nSPS) is 16.3. The first kappa shape index (κ1) is 18.8. The van der Waals surface area contributed by atoms with E-state index in [9.17, 15) is 22.0 Å². The second kappa shape index (κ2) is 8.02. The third-order valence-electron chi connectivity index (χ3n) is 4.19. The van der Waals surface area contributed by atoms with Crippen LogP contribution < -0.4 is 5.32 Å². The molecular weight excluding hydrogens is 338 g/mol. The molecular formula is C16H22F2N2O3S. The van der Waals surface area contributed by atoms with Crippen LogP contribution in [0.1, 0.15) is 38.5 Å². The molecule has 5 nitrogen and oxygen atoms in total. The molecule has 0 saturated heterocycles. The number of rotatable bonds is 6. The Hall–Kier alpha value is -1.54. The lowest BCUT2D eigenvalue weighted by atomic mass is 9.95. The number of carbonyl (C=O) groups excluding carboxylic acids is 1. The lowest BCUT2D eigenvalue weighted by Crippen LogP contribution is -2.42. The van der Waals surface area contributed by atoms with Crippen molar-refractivity contribution in [3.63, 3.8) is 0 Å². The van der Waals surface area contributed by atoms with Crippen molar-refractivity contribution in [3.8, 4) is 0 Å². The standard InChI is InChI=1S/C16H22F2N2O3S/c1-24(22,23)20(12-6-3-2-4-7-12)11-10-15(21)19-16-13(17)8-5-9-14(16)18/h5,8-9,12H,2-4,6-7,10-11H2,1H3,(H,19,21). The molecule has 1 aromatic rings. The van der Waals surface area contributed by atoms with Gasteiger partial charge in [0.25, 0.3) is 0 Å². The van der Waals surface area contributed by atoms with Crippen LogP contribution in [0.5, 0.6) is 0 Å². The minimum absolute atomic E-state index is 0.00536. The first-order valence-corrected chi connectivity index (χ1v) is 9.84. The van der Waals surface area contributed by atoms with Gasteiger partial charge < -0.3 is 5.32 Å². The Bertz CT molecular complexity index is 668. The number of nitrogens with one attached hydrogen (secondary N) is 1. The Labute approximate surface area is 141 Å². The molecule has 1 aliphatic carbocycles. The van der Waals surface area contributed by atoms with E-state index in [1.54, 1.807) is 0 Å². The minimum Gasteiger partial charge on any atom is -0.321 e. The predicted octanol–water partition coefficient (Wildman–Crippen LogP) is 2.89. The SMILES string of the molecule is CS(=O)(=O)N(CCC(=O)Nc1c(F)cccc1F)C1CCCCC1. The molecule has 0 aliphatic heterocycles. The lowest BCUT2D eigenvalue weighted by Gasteiger charge is -2.32. The van der Waals surface area contributed by atoms with Crippen molar-refractivity contribution in [1.82, 2.24) is 4.31 Å². The van der Waals surface area contributed by atoms with E-state index in [0.29, 0.717) is 0 Å². The summed E-state index contributed by atoms with van der Waals surface area (Å²) in [7, 11) is -3.44. The highest BCUT2D eigenvalue weighted by molar-refractivity contribution is 7.88. The zero-order chi connectivity index (χ0) is 17.7. The summed E-state index contributed by atoms with van der Waals surface area (Å²) in [5.74, 6) is -2.35. The van der Waals surface area contributed by atoms with Crippen LogP contribution in [0.2, 0.25) is 0 Å². The van der Waals surface area contributed by atoms with Crippen molar-refractivity contribution in [2.45, 2.75) is 44.6 Å². The van der Waals surface area contributed by atoms with Gasteiger partial charge in [-0.25, -0.2) is 17.2 Å². The number of hydrogen-bond acceptors (Lipinski definition) is 3. The summed E-state index contributed by atoms with van der Waals surface area (Å²) in [6.45, 7) is 0.00536. The fourth-order valence-electron chi connectivity index (χ4n) is 3.02. The van der Waals surface area contributed by atoms with Crippen LogP contribution in [0.15, 0.2) is 18.2 Å². The molecule has 24 heavy (non-hydrogen) atoms. The van der Waals surface area contributed by atoms with Gasteiger partial charge in [0, 0.05) is 19.0 Å². The van der Waals surface area contributed by atoms with E-state index in [2.05, 4.69) is 5.32 Å². The number of amides is 1. The molecule has 1 amide bonds. The van der Waals surface area contributed by atoms with Gasteiger partial charge in [-0.15, -0.1) is 0 Å². The quantitative estimate of drug-likeness (QED) is 0.848. The zero-order valence-electron chi connectivity index (χ0n) is 13.6. The van der Waals surface area contributed by atoms with Gasteiger partial charge in [-0.1, -0.05) is 25.3 Å². The van der Waals surface area contributed by atoms with Crippen molar-refractivity contribution in [1.29, 1.82) is 0 Å². The maximum absolute atomic E-state index is 13.5. The van der Waals surface area contributed by atoms with E-state index < -0.39 is 33.3 Å². The maximum Gasteiger partial charge on any atom is 0.225 e. The molecule has 8 heteroatoms. The summed E-state index contributed by atoms with van der Waals surface area (Å²) in [6, 6.07) is 3.19. The molecule has 0 spiro atoms. The topological polar surface area (TPSA) is 66.5 Å². The van der Waals surface area contributed by atoms with E-state index in [-0.39, 0.29) is 19.0 Å². The molecule has 134 valence electrons. The number of benzene rings is 1. The third kappa shape index (κ3) is 4.98. The van der Waals surface area contributed by atoms with E-state index in [1.165, 1.54) is 10.4 Å². The largest absolute Gasteiger partial charge is 0.321 e. The second-order valence-corrected chi connectivity index (χ2v) is 8.00. The number of halogens is 2. The molecule has 1 aromatic carbocycles. The van der Waals surface area contributed by atoms with E-state index in [0.717, 1.165) is 50.5 Å². The van der Waals surface area contributed by atoms with Crippen LogP contribution in [0.4, 0.5) is 14.5 Å². The summed E-state index contributed by atoms with van der Waals surface area (Å²) in [6.07, 6.45) is 5.52. The maximum atomic E-state index is 13.5. The van der Waals surface area contributed by atoms with E-state index in [1.807, 2.05) is 0 Å². The Morgan fingerprint density at radius 3 is 2.33 bits per heavy atom. The molecule has 0 bridgehead atoms. The molecule has 1 saturated carbocycles. The Kier molecular flexibility index (Phi) is 6.28. The molecule has 0 atom stereocenters. The molecule has 0 heterocycles. The highest BCUT2D eigenvalue weighted by atomic mass is 32.2. The van der Waals surface area contributed by atoms with Crippen molar-refractivity contribution in [2.24, 2.45) is 0 Å². The number of sulfonamides is 1. The van der Waals surface area contributed by atoms with Crippen LogP contribution in [0.3, 0.4) is 0 Å². The second-order valence-electron chi connectivity index (χ2n) is 6.06. The van der Waals surface area contributed by atoms with Gasteiger partial charge in [-0.2, -0.15) is 4.31 Å². The fraction of sp³-hybridized carbons (Fsp3) is 0.562. The summed E-state index contributed by atoms with van der Waals surface area (Å²) in [5, 5.41) is 2.18. The van der Waals surface area contributed by atoms with Gasteiger partial charge in [-0.3, -0.25) is 4.79 Å². The monoisotopic (exact) mass is 360 g/mol. The van der Waals surface area contributed by atoms with Gasteiger partial charge in [0.2, 0.25) is 15.9 Å². The average molecular weight is 360 g/mol. The van der Waals surface area contributed by atoms with Crippen LogP contribution in [-0.2, 0) is 14.8 Å². The first-order chi connectivity index (χ1) is 11.3. The van der Waals surface area contributed by atoms with Crippen molar-refractivity contribution in [2.75, 3.05) is 18.1 Å². The van der Waals surface area contributed by atoms with Gasteiger partial charge in [0.15, 0.2) is 0 Å². The predicted molar refractivity (Wildman–Crippen MR) is 88.0 cm³/mol. The minimum atomic E-state index is -3.44. The summed E-state index contributed by atoms with van der Waals surface area (Å²) in [4.78, 5) is 12.0. The van der Waals surface area contributed by atoms with E-state index in [4.69, 9.17) is 0 Å². The third-order valence-corrected chi connectivity index (χ3v) is 5.53. The molecule has 1 aliphatic rings. The first-order valence-electron chi connectivity index (χ1n) is 7.99. The average Bonchev–Trinajstić information content (AvgIpc) is 2.51. The highest BCUT2D eigenvalue weighted by Gasteiger charge is 2.28. The molecule has 1 fully saturated rings. The summed E-state index contributed by atoms with van der Waals surface area (Å²) >= 11 is 0. The highest BCUT2D eigenvalue weighted by Crippen LogP contribution is 2.25. The smallest absolute Gasteiger partial charge is 0.225 e. The van der Waals surface area contributed by atoms with E-state index >= 15 is 0 Å². The molecule has 2 rings (SSSR count). The van der Waals surface area contributed by atoms with Crippen LogP contribution in [0.25, 0.3) is 0 Å². The Morgan fingerprint density at radius 2 is 1.79 bits per heavy atom.